The van der Waals surface area contributed by atoms with Gasteiger partial charge in [-0.1, -0.05) is 13.8 Å². The number of rotatable bonds is 6. The standard InChI is InChI=1S/C14H23N3O3S/c1-6-20-13(18)10(4)15-14(19)17(5)7-11-8-21-12(16-11)9(2)3/h8-10H,6-7H2,1-5H3,(H,15,19). The van der Waals surface area contributed by atoms with Crippen molar-refractivity contribution in [3.05, 3.63) is 16.1 Å². The van der Waals surface area contributed by atoms with Crippen molar-refractivity contribution in [3.8, 4) is 0 Å². The number of nitrogens with one attached hydrogen (secondary N) is 1. The van der Waals surface area contributed by atoms with Gasteiger partial charge in [0.2, 0.25) is 0 Å². The third kappa shape index (κ3) is 5.34. The van der Waals surface area contributed by atoms with Gasteiger partial charge in [0.05, 0.1) is 23.9 Å². The molecule has 1 heterocycles. The van der Waals surface area contributed by atoms with Crippen molar-refractivity contribution in [1.82, 2.24) is 15.2 Å². The average Bonchev–Trinajstić information content (AvgIpc) is 2.87. The Morgan fingerprint density at radius 1 is 1.43 bits per heavy atom. The number of esters is 1. The molecule has 1 rings (SSSR count). The van der Waals surface area contributed by atoms with Gasteiger partial charge in [0.1, 0.15) is 6.04 Å². The summed E-state index contributed by atoms with van der Waals surface area (Å²) in [6.07, 6.45) is 0. The first-order chi connectivity index (χ1) is 9.85. The van der Waals surface area contributed by atoms with Gasteiger partial charge in [0.15, 0.2) is 0 Å². The molecule has 0 aromatic carbocycles. The molecule has 7 heteroatoms. The minimum Gasteiger partial charge on any atom is -0.464 e. The minimum atomic E-state index is -0.665. The highest BCUT2D eigenvalue weighted by molar-refractivity contribution is 7.09. The van der Waals surface area contributed by atoms with Gasteiger partial charge < -0.3 is 15.0 Å². The molecule has 1 unspecified atom stereocenters. The van der Waals surface area contributed by atoms with E-state index in [9.17, 15) is 9.59 Å². The molecule has 1 atom stereocenters. The number of carbonyl (C=O) groups excluding carboxylic acids is 2. The number of thiazole rings is 1. The van der Waals surface area contributed by atoms with Crippen LogP contribution in [0.1, 0.15) is 44.3 Å². The summed E-state index contributed by atoms with van der Waals surface area (Å²) in [4.78, 5) is 29.4. The molecule has 6 nitrogen and oxygen atoms in total. The fraction of sp³-hybridized carbons (Fsp3) is 0.643. The summed E-state index contributed by atoms with van der Waals surface area (Å²) in [5.41, 5.74) is 0.852. The number of ether oxygens (including phenoxy) is 1. The van der Waals surface area contributed by atoms with Crippen molar-refractivity contribution in [2.24, 2.45) is 0 Å². The predicted octanol–water partition coefficient (Wildman–Crippen LogP) is 2.36. The molecular weight excluding hydrogens is 290 g/mol. The summed E-state index contributed by atoms with van der Waals surface area (Å²) in [5.74, 6) is -0.0540. The fourth-order valence-corrected chi connectivity index (χ4v) is 2.42. The van der Waals surface area contributed by atoms with E-state index in [-0.39, 0.29) is 6.03 Å². The monoisotopic (exact) mass is 313 g/mol. The first-order valence-electron chi connectivity index (χ1n) is 6.97. The van der Waals surface area contributed by atoms with Gasteiger partial charge in [-0.15, -0.1) is 11.3 Å². The minimum absolute atomic E-state index is 0.297. The summed E-state index contributed by atoms with van der Waals surface area (Å²) >= 11 is 1.59. The molecule has 118 valence electrons. The van der Waals surface area contributed by atoms with Crippen LogP contribution in [0.25, 0.3) is 0 Å². The molecule has 0 aliphatic carbocycles. The van der Waals surface area contributed by atoms with E-state index in [1.165, 1.54) is 4.90 Å². The van der Waals surface area contributed by atoms with Gasteiger partial charge in [-0.3, -0.25) is 0 Å². The second-order valence-corrected chi connectivity index (χ2v) is 6.00. The first-order valence-corrected chi connectivity index (χ1v) is 7.85. The maximum Gasteiger partial charge on any atom is 0.328 e. The highest BCUT2D eigenvalue weighted by Gasteiger charge is 2.19. The molecule has 1 aromatic rings. The van der Waals surface area contributed by atoms with Crippen LogP contribution in [0.2, 0.25) is 0 Å². The summed E-state index contributed by atoms with van der Waals surface area (Å²) in [6.45, 7) is 8.20. The highest BCUT2D eigenvalue weighted by atomic mass is 32.1. The molecule has 0 aliphatic rings. The Bertz CT molecular complexity index is 488. The lowest BCUT2D eigenvalue weighted by molar-refractivity contribution is -0.144. The van der Waals surface area contributed by atoms with Crippen LogP contribution in [0, 0.1) is 0 Å². The van der Waals surface area contributed by atoms with Crippen LogP contribution >= 0.6 is 11.3 Å². The van der Waals surface area contributed by atoms with Crippen molar-refractivity contribution in [3.63, 3.8) is 0 Å². The zero-order chi connectivity index (χ0) is 16.0. The number of nitrogens with zero attached hydrogens (tertiary/aromatic N) is 2. The third-order valence-electron chi connectivity index (χ3n) is 2.79. The largest absolute Gasteiger partial charge is 0.464 e. The van der Waals surface area contributed by atoms with Crippen LogP contribution in [0.5, 0.6) is 0 Å². The number of amides is 2. The summed E-state index contributed by atoms with van der Waals surface area (Å²) in [7, 11) is 1.67. The lowest BCUT2D eigenvalue weighted by atomic mass is 10.2. The van der Waals surface area contributed by atoms with E-state index in [0.29, 0.717) is 19.1 Å². The average molecular weight is 313 g/mol. The molecule has 1 aromatic heterocycles. The van der Waals surface area contributed by atoms with Crippen LogP contribution < -0.4 is 5.32 Å². The van der Waals surface area contributed by atoms with Crippen molar-refractivity contribution in [1.29, 1.82) is 0 Å². The molecule has 0 saturated heterocycles. The molecule has 0 spiro atoms. The smallest absolute Gasteiger partial charge is 0.328 e. The Morgan fingerprint density at radius 3 is 2.62 bits per heavy atom. The Balaban J connectivity index is 2.52. The number of hydrogen-bond donors (Lipinski definition) is 1. The van der Waals surface area contributed by atoms with Crippen LogP contribution in [0.15, 0.2) is 5.38 Å². The maximum absolute atomic E-state index is 12.0. The van der Waals surface area contributed by atoms with Gasteiger partial charge in [-0.05, 0) is 13.8 Å². The summed E-state index contributed by atoms with van der Waals surface area (Å²) in [6, 6.07) is -0.990. The van der Waals surface area contributed by atoms with Gasteiger partial charge in [-0.25, -0.2) is 14.6 Å². The quantitative estimate of drug-likeness (QED) is 0.818. The molecule has 0 fully saturated rings. The second-order valence-electron chi connectivity index (χ2n) is 5.11. The van der Waals surface area contributed by atoms with Crippen molar-refractivity contribution < 1.29 is 14.3 Å². The number of urea groups is 1. The molecule has 2 amide bonds. The van der Waals surface area contributed by atoms with Gasteiger partial charge in [0.25, 0.3) is 0 Å². The van der Waals surface area contributed by atoms with Crippen LogP contribution in [-0.2, 0) is 16.1 Å². The Hall–Kier alpha value is -1.63. The summed E-state index contributed by atoms with van der Waals surface area (Å²) in [5, 5.41) is 5.61. The van der Waals surface area contributed by atoms with Gasteiger partial charge in [-0.2, -0.15) is 0 Å². The van der Waals surface area contributed by atoms with Crippen molar-refractivity contribution >= 4 is 23.3 Å². The molecule has 0 bridgehead atoms. The predicted molar refractivity (Wildman–Crippen MR) is 82.3 cm³/mol. The molecular formula is C14H23N3O3S. The van der Waals surface area contributed by atoms with Crippen LogP contribution in [-0.4, -0.2) is 41.6 Å². The Morgan fingerprint density at radius 2 is 2.10 bits per heavy atom. The van der Waals surface area contributed by atoms with Crippen LogP contribution in [0.3, 0.4) is 0 Å². The maximum atomic E-state index is 12.0. The van der Waals surface area contributed by atoms with Crippen molar-refractivity contribution in [2.75, 3.05) is 13.7 Å². The van der Waals surface area contributed by atoms with Crippen molar-refractivity contribution in [2.45, 2.75) is 46.2 Å². The topological polar surface area (TPSA) is 71.5 Å². The van der Waals surface area contributed by atoms with E-state index in [0.717, 1.165) is 10.7 Å². The lowest BCUT2D eigenvalue weighted by Crippen LogP contribution is -2.45. The van der Waals surface area contributed by atoms with E-state index >= 15 is 0 Å². The number of hydrogen-bond acceptors (Lipinski definition) is 5. The highest BCUT2D eigenvalue weighted by Crippen LogP contribution is 2.19. The Labute approximate surface area is 129 Å². The number of carbonyl (C=O) groups is 2. The molecule has 21 heavy (non-hydrogen) atoms. The lowest BCUT2D eigenvalue weighted by Gasteiger charge is -2.19. The molecule has 0 aliphatic heterocycles. The van der Waals surface area contributed by atoms with E-state index in [4.69, 9.17) is 4.74 Å². The van der Waals surface area contributed by atoms with Gasteiger partial charge in [0, 0.05) is 18.3 Å². The van der Waals surface area contributed by atoms with E-state index < -0.39 is 12.0 Å². The first kappa shape index (κ1) is 17.4. The van der Waals surface area contributed by atoms with E-state index in [1.54, 1.807) is 32.2 Å². The number of aromatic nitrogens is 1. The Kier molecular flexibility index (Phi) is 6.61. The zero-order valence-electron chi connectivity index (χ0n) is 13.2. The normalized spacial score (nSPS) is 12.1. The second kappa shape index (κ2) is 7.97. The SMILES string of the molecule is CCOC(=O)C(C)NC(=O)N(C)Cc1csc(C(C)C)n1. The summed E-state index contributed by atoms with van der Waals surface area (Å²) < 4.78 is 4.85. The molecule has 1 N–H and O–H groups in total. The zero-order valence-corrected chi connectivity index (χ0v) is 14.0. The fourth-order valence-electron chi connectivity index (χ4n) is 1.60. The van der Waals surface area contributed by atoms with Crippen LogP contribution in [0.4, 0.5) is 4.79 Å². The van der Waals surface area contributed by atoms with Gasteiger partial charge >= 0.3 is 12.0 Å². The molecule has 0 radical (unpaired) electrons. The third-order valence-corrected chi connectivity index (χ3v) is 3.98. The van der Waals surface area contributed by atoms with E-state index in [1.807, 2.05) is 5.38 Å². The van der Waals surface area contributed by atoms with E-state index in [2.05, 4.69) is 24.1 Å². The molecule has 0 saturated carbocycles.